The fraction of sp³-hybridized carbons (Fsp3) is 0.231. The summed E-state index contributed by atoms with van der Waals surface area (Å²) >= 11 is 0. The van der Waals surface area contributed by atoms with Crippen LogP contribution in [0.25, 0.3) is 5.57 Å². The van der Waals surface area contributed by atoms with Crippen LogP contribution in [0.5, 0.6) is 0 Å². The summed E-state index contributed by atoms with van der Waals surface area (Å²) in [7, 11) is 0. The fourth-order valence-electron chi connectivity index (χ4n) is 1.20. The second kappa shape index (κ2) is 5.40. The first-order valence-corrected chi connectivity index (χ1v) is 4.78. The lowest BCUT2D eigenvalue weighted by molar-refractivity contribution is 0.826. The molecule has 14 heavy (non-hydrogen) atoms. The minimum atomic E-state index is 0.816. The van der Waals surface area contributed by atoms with Crippen LogP contribution >= 0.6 is 0 Å². The highest BCUT2D eigenvalue weighted by Crippen LogP contribution is 2.09. The van der Waals surface area contributed by atoms with Crippen molar-refractivity contribution < 1.29 is 0 Å². The van der Waals surface area contributed by atoms with E-state index in [1.54, 1.807) is 0 Å². The number of hydrogen-bond donors (Lipinski definition) is 1. The minimum absolute atomic E-state index is 0.816. The van der Waals surface area contributed by atoms with Gasteiger partial charge in [-0.1, -0.05) is 49.1 Å². The molecule has 0 saturated carbocycles. The van der Waals surface area contributed by atoms with Crippen molar-refractivity contribution in [2.45, 2.75) is 6.92 Å². The van der Waals surface area contributed by atoms with Crippen molar-refractivity contribution in [3.63, 3.8) is 0 Å². The van der Waals surface area contributed by atoms with Crippen LogP contribution in [0.2, 0.25) is 0 Å². The molecule has 1 N–H and O–H groups in total. The lowest BCUT2D eigenvalue weighted by Gasteiger charge is -2.07. The van der Waals surface area contributed by atoms with Crippen LogP contribution in [0.15, 0.2) is 49.1 Å². The van der Waals surface area contributed by atoms with Gasteiger partial charge in [-0.2, -0.15) is 0 Å². The molecular weight excluding hydrogens is 170 g/mol. The Kier molecular flexibility index (Phi) is 4.14. The van der Waals surface area contributed by atoms with E-state index in [2.05, 4.69) is 30.6 Å². The van der Waals surface area contributed by atoms with Crippen molar-refractivity contribution in [2.75, 3.05) is 13.1 Å². The van der Waals surface area contributed by atoms with Gasteiger partial charge in [0.1, 0.15) is 0 Å². The molecule has 0 heterocycles. The number of rotatable bonds is 5. The van der Waals surface area contributed by atoms with Crippen LogP contribution in [0.1, 0.15) is 12.5 Å². The zero-order chi connectivity index (χ0) is 10.4. The Labute approximate surface area is 86.2 Å². The third kappa shape index (κ3) is 3.58. The second-order valence-electron chi connectivity index (χ2n) is 3.53. The van der Waals surface area contributed by atoms with E-state index in [4.69, 9.17) is 0 Å². The van der Waals surface area contributed by atoms with Crippen molar-refractivity contribution in [2.24, 2.45) is 0 Å². The molecular formula is C13H17N. The standard InChI is InChI=1S/C13H17N/c1-11(2)9-14-10-12(3)13-7-5-4-6-8-13/h4-8,14H,1,3,9-10H2,2H3. The first-order chi connectivity index (χ1) is 6.70. The van der Waals surface area contributed by atoms with Gasteiger partial charge in [-0.15, -0.1) is 0 Å². The van der Waals surface area contributed by atoms with E-state index in [9.17, 15) is 0 Å². The third-order valence-electron chi connectivity index (χ3n) is 1.95. The zero-order valence-corrected chi connectivity index (χ0v) is 8.72. The average molecular weight is 187 g/mol. The summed E-state index contributed by atoms with van der Waals surface area (Å²) < 4.78 is 0. The highest BCUT2D eigenvalue weighted by atomic mass is 14.8. The highest BCUT2D eigenvalue weighted by molar-refractivity contribution is 5.64. The quantitative estimate of drug-likeness (QED) is 0.699. The summed E-state index contributed by atoms with van der Waals surface area (Å²) in [4.78, 5) is 0. The van der Waals surface area contributed by atoms with E-state index in [0.29, 0.717) is 0 Å². The van der Waals surface area contributed by atoms with Gasteiger partial charge in [-0.3, -0.25) is 0 Å². The Bertz CT molecular complexity index is 311. The van der Waals surface area contributed by atoms with Crippen LogP contribution in [0, 0.1) is 0 Å². The summed E-state index contributed by atoms with van der Waals surface area (Å²) in [5, 5.41) is 3.28. The normalized spacial score (nSPS) is 9.79. The molecule has 1 nitrogen and oxygen atoms in total. The minimum Gasteiger partial charge on any atom is -0.309 e. The molecule has 0 amide bonds. The number of benzene rings is 1. The molecule has 1 aromatic carbocycles. The van der Waals surface area contributed by atoms with Crippen LogP contribution in [-0.4, -0.2) is 13.1 Å². The van der Waals surface area contributed by atoms with E-state index in [0.717, 1.165) is 24.2 Å². The summed E-state index contributed by atoms with van der Waals surface area (Å²) in [5.74, 6) is 0. The van der Waals surface area contributed by atoms with Gasteiger partial charge in [0.25, 0.3) is 0 Å². The van der Waals surface area contributed by atoms with Crippen molar-refractivity contribution in [3.05, 3.63) is 54.6 Å². The molecule has 0 bridgehead atoms. The van der Waals surface area contributed by atoms with E-state index in [-0.39, 0.29) is 0 Å². The predicted octanol–water partition coefficient (Wildman–Crippen LogP) is 2.87. The van der Waals surface area contributed by atoms with Crippen molar-refractivity contribution in [1.82, 2.24) is 5.32 Å². The van der Waals surface area contributed by atoms with Gasteiger partial charge in [0.05, 0.1) is 0 Å². The maximum Gasteiger partial charge on any atom is 0.0208 e. The van der Waals surface area contributed by atoms with Gasteiger partial charge < -0.3 is 5.32 Å². The first kappa shape index (κ1) is 10.7. The van der Waals surface area contributed by atoms with Crippen molar-refractivity contribution in [3.8, 4) is 0 Å². The summed E-state index contributed by atoms with van der Waals surface area (Å²) in [6, 6.07) is 10.2. The Morgan fingerprint density at radius 3 is 2.36 bits per heavy atom. The van der Waals surface area contributed by atoms with Crippen LogP contribution in [0.3, 0.4) is 0 Å². The van der Waals surface area contributed by atoms with Crippen LogP contribution in [-0.2, 0) is 0 Å². The zero-order valence-electron chi connectivity index (χ0n) is 8.72. The summed E-state index contributed by atoms with van der Waals surface area (Å²) in [6.45, 7) is 11.5. The monoisotopic (exact) mass is 187 g/mol. The Morgan fingerprint density at radius 2 is 1.79 bits per heavy atom. The molecule has 74 valence electrons. The predicted molar refractivity (Wildman–Crippen MR) is 63.2 cm³/mol. The largest absolute Gasteiger partial charge is 0.309 e. The Morgan fingerprint density at radius 1 is 1.14 bits per heavy atom. The van der Waals surface area contributed by atoms with Gasteiger partial charge in [0, 0.05) is 13.1 Å². The maximum atomic E-state index is 4.03. The van der Waals surface area contributed by atoms with Gasteiger partial charge in [0.15, 0.2) is 0 Å². The maximum absolute atomic E-state index is 4.03. The molecule has 0 saturated heterocycles. The molecule has 1 heteroatoms. The van der Waals surface area contributed by atoms with Gasteiger partial charge in [0.2, 0.25) is 0 Å². The molecule has 0 aliphatic rings. The van der Waals surface area contributed by atoms with E-state index in [1.165, 1.54) is 5.56 Å². The SMILES string of the molecule is C=C(C)CNCC(=C)c1ccccc1. The third-order valence-corrected chi connectivity index (χ3v) is 1.95. The number of hydrogen-bond acceptors (Lipinski definition) is 1. The number of nitrogens with one attached hydrogen (secondary N) is 1. The van der Waals surface area contributed by atoms with Crippen molar-refractivity contribution >= 4 is 5.57 Å². The highest BCUT2D eigenvalue weighted by Gasteiger charge is 1.96. The Balaban J connectivity index is 2.40. The molecule has 0 radical (unpaired) electrons. The van der Waals surface area contributed by atoms with E-state index >= 15 is 0 Å². The molecule has 0 atom stereocenters. The topological polar surface area (TPSA) is 12.0 Å². The molecule has 0 fully saturated rings. The van der Waals surface area contributed by atoms with Crippen molar-refractivity contribution in [1.29, 1.82) is 0 Å². The molecule has 1 aromatic rings. The smallest absolute Gasteiger partial charge is 0.0208 e. The molecule has 0 aromatic heterocycles. The molecule has 1 rings (SSSR count). The molecule has 0 spiro atoms. The summed E-state index contributed by atoms with van der Waals surface area (Å²) in [5.41, 5.74) is 3.46. The summed E-state index contributed by atoms with van der Waals surface area (Å²) in [6.07, 6.45) is 0. The van der Waals surface area contributed by atoms with E-state index < -0.39 is 0 Å². The fourth-order valence-corrected chi connectivity index (χ4v) is 1.20. The molecule has 0 unspecified atom stereocenters. The molecule has 0 aliphatic heterocycles. The lowest BCUT2D eigenvalue weighted by Crippen LogP contribution is -2.17. The second-order valence-corrected chi connectivity index (χ2v) is 3.53. The lowest BCUT2D eigenvalue weighted by atomic mass is 10.1. The average Bonchev–Trinajstić information content (AvgIpc) is 2.18. The van der Waals surface area contributed by atoms with Gasteiger partial charge in [-0.25, -0.2) is 0 Å². The van der Waals surface area contributed by atoms with Gasteiger partial charge >= 0.3 is 0 Å². The molecule has 0 aliphatic carbocycles. The Hall–Kier alpha value is -1.34. The van der Waals surface area contributed by atoms with E-state index in [1.807, 2.05) is 25.1 Å². The van der Waals surface area contributed by atoms with Crippen LogP contribution in [0.4, 0.5) is 0 Å². The van der Waals surface area contributed by atoms with Crippen LogP contribution < -0.4 is 5.32 Å². The van der Waals surface area contributed by atoms with Gasteiger partial charge in [-0.05, 0) is 18.1 Å². The first-order valence-electron chi connectivity index (χ1n) is 4.78.